The number of hydrogen-bond donors (Lipinski definition) is 1. The molecule has 19 heavy (non-hydrogen) atoms. The number of piperazine rings is 1. The summed E-state index contributed by atoms with van der Waals surface area (Å²) in [5.74, 6) is 0.255. The van der Waals surface area contributed by atoms with E-state index >= 15 is 0 Å². The van der Waals surface area contributed by atoms with Gasteiger partial charge in [0.1, 0.15) is 0 Å². The Balaban J connectivity index is 1.61. The van der Waals surface area contributed by atoms with Gasteiger partial charge in [-0.05, 0) is 19.9 Å². The Hall–Kier alpha value is -0.610. The largest absolute Gasteiger partial charge is 0.353 e. The second-order valence-corrected chi connectivity index (χ2v) is 6.15. The van der Waals surface area contributed by atoms with Gasteiger partial charge in [0.05, 0.1) is 0 Å². The average Bonchev–Trinajstić information content (AvgIpc) is 2.67. The zero-order chi connectivity index (χ0) is 13.5. The Morgan fingerprint density at radius 3 is 2.32 bits per heavy atom. The predicted molar refractivity (Wildman–Crippen MR) is 78.2 cm³/mol. The highest BCUT2D eigenvalue weighted by Crippen LogP contribution is 2.17. The number of carbonyl (C=O) groups excluding carboxylic acids is 1. The average molecular weight is 267 g/mol. The van der Waals surface area contributed by atoms with Crippen LogP contribution in [0.5, 0.6) is 0 Å². The molecule has 0 atom stereocenters. The van der Waals surface area contributed by atoms with Crippen molar-refractivity contribution < 1.29 is 4.79 Å². The van der Waals surface area contributed by atoms with Gasteiger partial charge in [-0.15, -0.1) is 0 Å². The third-order valence-corrected chi connectivity index (χ3v) is 4.47. The molecule has 110 valence electrons. The third kappa shape index (κ3) is 5.49. The lowest BCUT2D eigenvalue weighted by Crippen LogP contribution is -2.45. The number of likely N-dealkylation sites (N-methyl/N-ethyl adjacent to an activating group) is 1. The molecule has 0 unspecified atom stereocenters. The van der Waals surface area contributed by atoms with Gasteiger partial charge >= 0.3 is 0 Å². The molecular weight excluding hydrogens is 238 g/mol. The Bertz CT molecular complexity index is 267. The van der Waals surface area contributed by atoms with Gasteiger partial charge in [0.2, 0.25) is 5.91 Å². The highest BCUT2D eigenvalue weighted by Gasteiger charge is 2.17. The molecule has 1 aliphatic carbocycles. The van der Waals surface area contributed by atoms with Crippen molar-refractivity contribution in [3.8, 4) is 0 Å². The number of amides is 1. The van der Waals surface area contributed by atoms with Crippen molar-refractivity contribution in [3.63, 3.8) is 0 Å². The molecule has 2 rings (SSSR count). The fraction of sp³-hybridized carbons (Fsp3) is 0.933. The maximum absolute atomic E-state index is 12.0. The van der Waals surface area contributed by atoms with Gasteiger partial charge in [-0.1, -0.05) is 25.7 Å². The number of nitrogens with one attached hydrogen (secondary N) is 1. The van der Waals surface area contributed by atoms with E-state index in [2.05, 4.69) is 22.2 Å². The minimum absolute atomic E-state index is 0.255. The number of nitrogens with zero attached hydrogens (tertiary/aromatic N) is 2. The van der Waals surface area contributed by atoms with Crippen LogP contribution in [0, 0.1) is 0 Å². The van der Waals surface area contributed by atoms with E-state index in [0.717, 1.165) is 32.7 Å². The van der Waals surface area contributed by atoms with Crippen LogP contribution in [-0.4, -0.2) is 61.5 Å². The van der Waals surface area contributed by atoms with E-state index in [0.29, 0.717) is 12.5 Å². The lowest BCUT2D eigenvalue weighted by molar-refractivity contribution is -0.122. The second-order valence-electron chi connectivity index (χ2n) is 6.15. The summed E-state index contributed by atoms with van der Waals surface area (Å²) < 4.78 is 0. The number of carbonyl (C=O) groups is 1. The van der Waals surface area contributed by atoms with Crippen molar-refractivity contribution in [1.82, 2.24) is 15.1 Å². The predicted octanol–water partition coefficient (Wildman–Crippen LogP) is 1.46. The van der Waals surface area contributed by atoms with E-state index in [1.807, 2.05) is 0 Å². The van der Waals surface area contributed by atoms with Crippen molar-refractivity contribution >= 4 is 5.91 Å². The quantitative estimate of drug-likeness (QED) is 0.783. The Morgan fingerprint density at radius 1 is 1.05 bits per heavy atom. The highest BCUT2D eigenvalue weighted by atomic mass is 16.1. The Kier molecular flexibility index (Phi) is 6.11. The molecule has 4 nitrogen and oxygen atoms in total. The van der Waals surface area contributed by atoms with Gasteiger partial charge in [0.25, 0.3) is 0 Å². The van der Waals surface area contributed by atoms with Crippen molar-refractivity contribution in [2.75, 3.05) is 39.8 Å². The second kappa shape index (κ2) is 7.85. The fourth-order valence-corrected chi connectivity index (χ4v) is 3.05. The molecule has 0 aromatic heterocycles. The smallest absolute Gasteiger partial charge is 0.221 e. The van der Waals surface area contributed by atoms with E-state index < -0.39 is 0 Å². The van der Waals surface area contributed by atoms with Gasteiger partial charge < -0.3 is 15.1 Å². The van der Waals surface area contributed by atoms with E-state index in [1.54, 1.807) is 0 Å². The zero-order valence-corrected chi connectivity index (χ0v) is 12.4. The summed E-state index contributed by atoms with van der Waals surface area (Å²) in [5.41, 5.74) is 0. The van der Waals surface area contributed by atoms with Crippen LogP contribution in [0.3, 0.4) is 0 Å². The van der Waals surface area contributed by atoms with Crippen LogP contribution < -0.4 is 5.32 Å². The maximum atomic E-state index is 12.0. The van der Waals surface area contributed by atoms with Crippen LogP contribution in [0.1, 0.15) is 44.9 Å². The van der Waals surface area contributed by atoms with Gasteiger partial charge in [-0.2, -0.15) is 0 Å². The van der Waals surface area contributed by atoms with Crippen LogP contribution in [0.15, 0.2) is 0 Å². The van der Waals surface area contributed by atoms with Gasteiger partial charge in [0, 0.05) is 45.2 Å². The van der Waals surface area contributed by atoms with Crippen molar-refractivity contribution in [3.05, 3.63) is 0 Å². The standard InChI is InChI=1S/C15H29N3O/c1-17-10-12-18(13-11-17)9-8-15(19)16-14-6-4-2-3-5-7-14/h14H,2-13H2,1H3,(H,16,19). The minimum Gasteiger partial charge on any atom is -0.353 e. The number of rotatable bonds is 4. The molecule has 1 amide bonds. The molecule has 0 radical (unpaired) electrons. The molecule has 0 aromatic rings. The minimum atomic E-state index is 0.255. The van der Waals surface area contributed by atoms with Crippen LogP contribution in [0.2, 0.25) is 0 Å². The van der Waals surface area contributed by atoms with Crippen LogP contribution in [0.4, 0.5) is 0 Å². The molecule has 1 N–H and O–H groups in total. The first kappa shape index (κ1) is 14.8. The van der Waals surface area contributed by atoms with Gasteiger partial charge in [-0.25, -0.2) is 0 Å². The van der Waals surface area contributed by atoms with E-state index in [4.69, 9.17) is 0 Å². The summed E-state index contributed by atoms with van der Waals surface area (Å²) in [7, 11) is 2.16. The van der Waals surface area contributed by atoms with E-state index in [-0.39, 0.29) is 5.91 Å². The van der Waals surface area contributed by atoms with E-state index in [1.165, 1.54) is 38.5 Å². The van der Waals surface area contributed by atoms with Gasteiger partial charge in [-0.3, -0.25) is 4.79 Å². The van der Waals surface area contributed by atoms with Crippen LogP contribution in [0.25, 0.3) is 0 Å². The lowest BCUT2D eigenvalue weighted by atomic mass is 10.1. The third-order valence-electron chi connectivity index (χ3n) is 4.47. The van der Waals surface area contributed by atoms with Crippen molar-refractivity contribution in [1.29, 1.82) is 0 Å². The van der Waals surface area contributed by atoms with Crippen molar-refractivity contribution in [2.24, 2.45) is 0 Å². The SMILES string of the molecule is CN1CCN(CCC(=O)NC2CCCCCC2)CC1. The summed E-state index contributed by atoms with van der Waals surface area (Å²) in [6.07, 6.45) is 8.27. The van der Waals surface area contributed by atoms with Crippen LogP contribution in [-0.2, 0) is 4.79 Å². The molecular formula is C15H29N3O. The Labute approximate surface area is 117 Å². The first-order valence-electron chi connectivity index (χ1n) is 7.94. The molecule has 1 saturated carbocycles. The molecule has 0 bridgehead atoms. The van der Waals surface area contributed by atoms with Gasteiger partial charge in [0.15, 0.2) is 0 Å². The molecule has 2 aliphatic rings. The van der Waals surface area contributed by atoms with E-state index in [9.17, 15) is 4.79 Å². The molecule has 4 heteroatoms. The molecule has 1 aliphatic heterocycles. The molecule has 1 heterocycles. The molecule has 0 aromatic carbocycles. The first-order valence-corrected chi connectivity index (χ1v) is 7.94. The Morgan fingerprint density at radius 2 is 1.68 bits per heavy atom. The van der Waals surface area contributed by atoms with Crippen molar-refractivity contribution in [2.45, 2.75) is 51.0 Å². The molecule has 1 saturated heterocycles. The summed E-state index contributed by atoms with van der Waals surface area (Å²) in [4.78, 5) is 16.7. The lowest BCUT2D eigenvalue weighted by Gasteiger charge is -2.32. The normalized spacial score (nSPS) is 24.1. The molecule has 0 spiro atoms. The monoisotopic (exact) mass is 267 g/mol. The zero-order valence-electron chi connectivity index (χ0n) is 12.4. The summed E-state index contributed by atoms with van der Waals surface area (Å²) in [6, 6.07) is 0.447. The number of hydrogen-bond acceptors (Lipinski definition) is 3. The summed E-state index contributed by atoms with van der Waals surface area (Å²) in [5, 5.41) is 3.23. The maximum Gasteiger partial charge on any atom is 0.221 e. The topological polar surface area (TPSA) is 35.6 Å². The molecule has 2 fully saturated rings. The first-order chi connectivity index (χ1) is 9.24. The van der Waals surface area contributed by atoms with Crippen LogP contribution >= 0.6 is 0 Å². The summed E-state index contributed by atoms with van der Waals surface area (Å²) >= 11 is 0. The highest BCUT2D eigenvalue weighted by molar-refractivity contribution is 5.76. The fourth-order valence-electron chi connectivity index (χ4n) is 3.05. The summed E-state index contributed by atoms with van der Waals surface area (Å²) in [6.45, 7) is 5.39.